The van der Waals surface area contributed by atoms with Crippen LogP contribution in [0.3, 0.4) is 0 Å². The van der Waals surface area contributed by atoms with Crippen molar-refractivity contribution in [1.82, 2.24) is 9.97 Å². The van der Waals surface area contributed by atoms with Gasteiger partial charge in [0.1, 0.15) is 5.82 Å². The molecule has 0 amide bonds. The van der Waals surface area contributed by atoms with E-state index in [0.717, 1.165) is 37.1 Å². The van der Waals surface area contributed by atoms with E-state index in [1.54, 1.807) is 6.07 Å². The Balaban J connectivity index is 2.23. The molecule has 0 bridgehead atoms. The molecule has 0 radical (unpaired) electrons. The standard InChI is InChI=1S/C13H13ClFN3O/c1-19-11-6-8-10(7-9(11)15)16-13(14)17-12(8)18-4-2-3-5-18/h6-7H,2-5H2,1H3. The van der Waals surface area contributed by atoms with Crippen molar-refractivity contribution in [2.75, 3.05) is 25.1 Å². The Morgan fingerprint density at radius 2 is 2.00 bits per heavy atom. The van der Waals surface area contributed by atoms with Crippen LogP contribution in [0.4, 0.5) is 10.2 Å². The summed E-state index contributed by atoms with van der Waals surface area (Å²) in [6.07, 6.45) is 2.25. The SMILES string of the molecule is COc1cc2c(N3CCCC3)nc(Cl)nc2cc1F. The van der Waals surface area contributed by atoms with Crippen molar-refractivity contribution in [3.05, 3.63) is 23.2 Å². The summed E-state index contributed by atoms with van der Waals surface area (Å²) in [4.78, 5) is 10.5. The van der Waals surface area contributed by atoms with Crippen molar-refractivity contribution in [2.45, 2.75) is 12.8 Å². The molecule has 0 N–H and O–H groups in total. The van der Waals surface area contributed by atoms with E-state index >= 15 is 0 Å². The molecule has 6 heteroatoms. The van der Waals surface area contributed by atoms with E-state index in [4.69, 9.17) is 16.3 Å². The number of ether oxygens (including phenoxy) is 1. The van der Waals surface area contributed by atoms with Crippen molar-refractivity contribution in [2.24, 2.45) is 0 Å². The van der Waals surface area contributed by atoms with Gasteiger partial charge in [-0.2, -0.15) is 4.98 Å². The van der Waals surface area contributed by atoms with Crippen LogP contribution >= 0.6 is 11.6 Å². The van der Waals surface area contributed by atoms with Crippen LogP contribution in [-0.2, 0) is 0 Å². The van der Waals surface area contributed by atoms with Gasteiger partial charge in [-0.1, -0.05) is 0 Å². The van der Waals surface area contributed by atoms with Crippen LogP contribution < -0.4 is 9.64 Å². The largest absolute Gasteiger partial charge is 0.494 e. The highest BCUT2D eigenvalue weighted by molar-refractivity contribution is 6.28. The molecule has 4 nitrogen and oxygen atoms in total. The molecular weight excluding hydrogens is 269 g/mol. The zero-order valence-corrected chi connectivity index (χ0v) is 11.2. The number of anilines is 1. The summed E-state index contributed by atoms with van der Waals surface area (Å²) in [5.41, 5.74) is 0.500. The van der Waals surface area contributed by atoms with E-state index in [2.05, 4.69) is 14.9 Å². The fourth-order valence-electron chi connectivity index (χ4n) is 2.41. The molecule has 0 unspecified atom stereocenters. The first-order valence-corrected chi connectivity index (χ1v) is 6.52. The molecule has 0 atom stereocenters. The molecule has 1 saturated heterocycles. The first kappa shape index (κ1) is 12.4. The van der Waals surface area contributed by atoms with Crippen LogP contribution in [0.2, 0.25) is 5.28 Å². The molecule has 2 heterocycles. The first-order valence-electron chi connectivity index (χ1n) is 6.15. The van der Waals surface area contributed by atoms with E-state index in [0.29, 0.717) is 5.52 Å². The van der Waals surface area contributed by atoms with Crippen molar-refractivity contribution in [3.63, 3.8) is 0 Å². The van der Waals surface area contributed by atoms with Gasteiger partial charge in [0.05, 0.1) is 12.6 Å². The van der Waals surface area contributed by atoms with Crippen LogP contribution in [0.15, 0.2) is 12.1 Å². The second-order valence-corrected chi connectivity index (χ2v) is 4.85. The van der Waals surface area contributed by atoms with Crippen molar-refractivity contribution in [1.29, 1.82) is 0 Å². The minimum absolute atomic E-state index is 0.138. The lowest BCUT2D eigenvalue weighted by atomic mass is 10.2. The quantitative estimate of drug-likeness (QED) is 0.793. The molecule has 1 aromatic heterocycles. The maximum absolute atomic E-state index is 13.7. The van der Waals surface area contributed by atoms with Crippen molar-refractivity contribution < 1.29 is 9.13 Å². The van der Waals surface area contributed by atoms with E-state index in [-0.39, 0.29) is 11.0 Å². The Morgan fingerprint density at radius 1 is 1.26 bits per heavy atom. The molecule has 1 aromatic carbocycles. The third kappa shape index (κ3) is 2.18. The zero-order valence-electron chi connectivity index (χ0n) is 10.5. The average molecular weight is 282 g/mol. The number of halogens is 2. The molecule has 1 aliphatic heterocycles. The predicted octanol–water partition coefficient (Wildman–Crippen LogP) is 3.03. The van der Waals surface area contributed by atoms with Gasteiger partial charge in [0.15, 0.2) is 11.6 Å². The average Bonchev–Trinajstić information content (AvgIpc) is 2.90. The highest BCUT2D eigenvalue weighted by Crippen LogP contribution is 2.32. The summed E-state index contributed by atoms with van der Waals surface area (Å²) in [7, 11) is 1.44. The zero-order chi connectivity index (χ0) is 13.4. The van der Waals surface area contributed by atoms with Gasteiger partial charge in [-0.05, 0) is 30.5 Å². The summed E-state index contributed by atoms with van der Waals surface area (Å²) in [6.45, 7) is 1.87. The van der Waals surface area contributed by atoms with Crippen molar-refractivity contribution >= 4 is 28.3 Å². The Morgan fingerprint density at radius 3 is 2.68 bits per heavy atom. The van der Waals surface area contributed by atoms with Gasteiger partial charge in [0, 0.05) is 24.5 Å². The van der Waals surface area contributed by atoms with E-state index in [1.807, 2.05) is 0 Å². The van der Waals surface area contributed by atoms with Crippen LogP contribution in [0.1, 0.15) is 12.8 Å². The van der Waals surface area contributed by atoms with Crippen LogP contribution in [0, 0.1) is 5.82 Å². The number of benzene rings is 1. The second kappa shape index (κ2) is 4.81. The molecule has 0 aliphatic carbocycles. The molecule has 100 valence electrons. The lowest BCUT2D eigenvalue weighted by Crippen LogP contribution is -2.19. The summed E-state index contributed by atoms with van der Waals surface area (Å²) < 4.78 is 18.7. The van der Waals surface area contributed by atoms with E-state index in [1.165, 1.54) is 13.2 Å². The molecule has 1 aliphatic rings. The number of methoxy groups -OCH3 is 1. The topological polar surface area (TPSA) is 38.2 Å². The smallest absolute Gasteiger partial charge is 0.224 e. The number of aromatic nitrogens is 2. The maximum Gasteiger partial charge on any atom is 0.224 e. The van der Waals surface area contributed by atoms with Gasteiger partial charge < -0.3 is 9.64 Å². The fourth-order valence-corrected chi connectivity index (χ4v) is 2.58. The van der Waals surface area contributed by atoms with Crippen LogP contribution in [-0.4, -0.2) is 30.2 Å². The van der Waals surface area contributed by atoms with Gasteiger partial charge >= 0.3 is 0 Å². The first-order chi connectivity index (χ1) is 9.19. The molecular formula is C13H13ClFN3O. The summed E-state index contributed by atoms with van der Waals surface area (Å²) in [5.74, 6) is 0.502. The predicted molar refractivity (Wildman–Crippen MR) is 72.5 cm³/mol. The second-order valence-electron chi connectivity index (χ2n) is 4.51. The summed E-state index contributed by atoms with van der Waals surface area (Å²) in [6, 6.07) is 2.97. The lowest BCUT2D eigenvalue weighted by Gasteiger charge is -2.18. The van der Waals surface area contributed by atoms with E-state index in [9.17, 15) is 4.39 Å². The third-order valence-corrected chi connectivity index (χ3v) is 3.50. The minimum Gasteiger partial charge on any atom is -0.494 e. The third-order valence-electron chi connectivity index (χ3n) is 3.33. The fraction of sp³-hybridized carbons (Fsp3) is 0.385. The Hall–Kier alpha value is -1.62. The normalized spacial score (nSPS) is 15.2. The lowest BCUT2D eigenvalue weighted by molar-refractivity contribution is 0.387. The number of rotatable bonds is 2. The van der Waals surface area contributed by atoms with Gasteiger partial charge in [0.2, 0.25) is 5.28 Å². The van der Waals surface area contributed by atoms with Gasteiger partial charge in [-0.15, -0.1) is 0 Å². The maximum atomic E-state index is 13.7. The number of fused-ring (bicyclic) bond motifs is 1. The number of hydrogen-bond donors (Lipinski definition) is 0. The Bertz CT molecular complexity index is 629. The number of nitrogens with zero attached hydrogens (tertiary/aromatic N) is 3. The van der Waals surface area contributed by atoms with E-state index < -0.39 is 5.82 Å². The molecule has 0 saturated carbocycles. The number of hydrogen-bond acceptors (Lipinski definition) is 4. The monoisotopic (exact) mass is 281 g/mol. The Kier molecular flexibility index (Phi) is 3.14. The Labute approximate surface area is 115 Å². The summed E-state index contributed by atoms with van der Waals surface area (Å²) in [5, 5.41) is 0.906. The molecule has 1 fully saturated rings. The minimum atomic E-state index is -0.447. The van der Waals surface area contributed by atoms with Gasteiger partial charge in [0.25, 0.3) is 0 Å². The van der Waals surface area contributed by atoms with Gasteiger partial charge in [-0.3, -0.25) is 0 Å². The summed E-state index contributed by atoms with van der Waals surface area (Å²) >= 11 is 5.93. The highest BCUT2D eigenvalue weighted by Gasteiger charge is 2.19. The van der Waals surface area contributed by atoms with Gasteiger partial charge in [-0.25, -0.2) is 9.37 Å². The van der Waals surface area contributed by atoms with Crippen molar-refractivity contribution in [3.8, 4) is 5.75 Å². The van der Waals surface area contributed by atoms with Crippen LogP contribution in [0.5, 0.6) is 5.75 Å². The highest BCUT2D eigenvalue weighted by atomic mass is 35.5. The molecule has 0 spiro atoms. The molecule has 19 heavy (non-hydrogen) atoms. The van der Waals surface area contributed by atoms with Crippen LogP contribution in [0.25, 0.3) is 10.9 Å². The molecule has 2 aromatic rings. The molecule has 3 rings (SSSR count).